The summed E-state index contributed by atoms with van der Waals surface area (Å²) in [5.74, 6) is -3.78. The zero-order valence-corrected chi connectivity index (χ0v) is 20.8. The van der Waals surface area contributed by atoms with Gasteiger partial charge in [0.25, 0.3) is 5.56 Å². The molecule has 0 aliphatic carbocycles. The highest BCUT2D eigenvalue weighted by molar-refractivity contribution is 6.08. The highest BCUT2D eigenvalue weighted by atomic mass is 19.4. The lowest BCUT2D eigenvalue weighted by molar-refractivity contribution is -0.255. The number of alkyl halides is 3. The summed E-state index contributed by atoms with van der Waals surface area (Å²) < 4.78 is 56.0. The third kappa shape index (κ3) is 4.00. The molecule has 200 valence electrons. The van der Waals surface area contributed by atoms with Crippen LogP contribution >= 0.6 is 0 Å². The summed E-state index contributed by atoms with van der Waals surface area (Å²) >= 11 is 0. The van der Waals surface area contributed by atoms with Gasteiger partial charge < -0.3 is 14.8 Å². The molecular formula is C26H22F4N3O5-. The quantitative estimate of drug-likeness (QED) is 0.470. The molecule has 0 atom stereocenters. The molecule has 2 aromatic carbocycles. The second kappa shape index (κ2) is 8.96. The van der Waals surface area contributed by atoms with E-state index in [2.05, 4.69) is 0 Å². The number of amides is 1. The second-order valence-corrected chi connectivity index (χ2v) is 9.45. The number of anilines is 1. The van der Waals surface area contributed by atoms with E-state index in [1.165, 1.54) is 11.0 Å². The summed E-state index contributed by atoms with van der Waals surface area (Å²) in [5, 5.41) is 11.8. The Kier molecular flexibility index (Phi) is 6.33. The number of halogens is 4. The fourth-order valence-electron chi connectivity index (χ4n) is 5.06. The largest absolute Gasteiger partial charge is 0.545 e. The minimum Gasteiger partial charge on any atom is -0.545 e. The van der Waals surface area contributed by atoms with Gasteiger partial charge in [0, 0.05) is 18.9 Å². The van der Waals surface area contributed by atoms with Crippen molar-refractivity contribution in [2.75, 3.05) is 11.9 Å². The van der Waals surface area contributed by atoms with E-state index in [4.69, 9.17) is 0 Å². The van der Waals surface area contributed by atoms with Crippen LogP contribution < -0.4 is 21.3 Å². The van der Waals surface area contributed by atoms with Crippen LogP contribution in [0.3, 0.4) is 0 Å². The van der Waals surface area contributed by atoms with Crippen LogP contribution in [0.1, 0.15) is 53.4 Å². The third-order valence-electron chi connectivity index (χ3n) is 6.81. The lowest BCUT2D eigenvalue weighted by Crippen LogP contribution is -2.44. The molecule has 1 aromatic heterocycles. The van der Waals surface area contributed by atoms with Gasteiger partial charge in [-0.25, -0.2) is 9.18 Å². The Morgan fingerprint density at radius 2 is 1.68 bits per heavy atom. The number of carbonyl (C=O) groups is 2. The second-order valence-electron chi connectivity index (χ2n) is 9.45. The number of rotatable bonds is 5. The first kappa shape index (κ1) is 26.8. The molecule has 4 rings (SSSR count). The molecule has 1 aliphatic rings. The molecule has 3 aromatic rings. The lowest BCUT2D eigenvalue weighted by Gasteiger charge is -2.23. The Balaban J connectivity index is 2.03. The normalized spacial score (nSPS) is 14.6. The minimum atomic E-state index is -5.14. The van der Waals surface area contributed by atoms with Crippen molar-refractivity contribution < 1.29 is 32.3 Å². The summed E-state index contributed by atoms with van der Waals surface area (Å²) in [6.07, 6.45) is -4.10. The van der Waals surface area contributed by atoms with Crippen LogP contribution in [0, 0.1) is 5.82 Å². The zero-order valence-electron chi connectivity index (χ0n) is 20.8. The highest BCUT2D eigenvalue weighted by Crippen LogP contribution is 2.44. The number of carboxylic acids is 1. The number of hydrogen-bond acceptors (Lipinski definition) is 5. The maximum atomic E-state index is 14.1. The van der Waals surface area contributed by atoms with Gasteiger partial charge in [0.15, 0.2) is 0 Å². The fourth-order valence-corrected chi connectivity index (χ4v) is 5.06. The summed E-state index contributed by atoms with van der Waals surface area (Å²) in [6, 6.07) is 5.48. The average Bonchev–Trinajstić information content (AvgIpc) is 3.00. The molecule has 1 amide bonds. The number of hydrogen-bond donors (Lipinski definition) is 0. The van der Waals surface area contributed by atoms with E-state index >= 15 is 0 Å². The van der Waals surface area contributed by atoms with Crippen LogP contribution in [0.2, 0.25) is 0 Å². The molecule has 0 spiro atoms. The monoisotopic (exact) mass is 532 g/mol. The first-order valence-electron chi connectivity index (χ1n) is 11.5. The number of aromatic nitrogens is 2. The molecule has 0 N–H and O–H groups in total. The molecule has 0 saturated carbocycles. The first-order valence-corrected chi connectivity index (χ1v) is 11.5. The zero-order chi connectivity index (χ0) is 28.3. The molecule has 8 nitrogen and oxygen atoms in total. The fraction of sp³-hybridized carbons (Fsp3) is 0.308. The standard InChI is InChI=1S/C26H23F4N3O5/c1-5-14-17(9-10-18-20(14)25(2,3)23(37)31(18)4)32-12-15(22(35)36)21(34)33(24(32)38)11-13-7-6-8-16(27)19(13)26(28,29)30/h6-10,12H,5,11H2,1-4H3,(H,35,36)/p-1. The van der Waals surface area contributed by atoms with Crippen LogP contribution in [0.4, 0.5) is 23.2 Å². The van der Waals surface area contributed by atoms with Crippen LogP contribution in [-0.4, -0.2) is 28.1 Å². The SMILES string of the molecule is CCc1c(-n2cc(C(=O)[O-])c(=O)n(Cc3cccc(F)c3C(F)(F)F)c2=O)ccc2c1C(C)(C)C(=O)N2C. The Labute approximate surface area is 213 Å². The van der Waals surface area contributed by atoms with Crippen LogP contribution in [0.25, 0.3) is 5.69 Å². The lowest BCUT2D eigenvalue weighted by atomic mass is 9.82. The number of carbonyl (C=O) groups excluding carboxylic acids is 2. The van der Waals surface area contributed by atoms with E-state index in [-0.39, 0.29) is 18.0 Å². The van der Waals surface area contributed by atoms with Crippen molar-refractivity contribution in [2.24, 2.45) is 0 Å². The van der Waals surface area contributed by atoms with Gasteiger partial charge in [-0.2, -0.15) is 13.2 Å². The van der Waals surface area contributed by atoms with E-state index < -0.39 is 57.9 Å². The van der Waals surface area contributed by atoms with Crippen molar-refractivity contribution in [1.29, 1.82) is 0 Å². The highest BCUT2D eigenvalue weighted by Gasteiger charge is 2.44. The smallest absolute Gasteiger partial charge is 0.419 e. The molecule has 2 heterocycles. The molecule has 0 bridgehead atoms. The predicted molar refractivity (Wildman–Crippen MR) is 127 cm³/mol. The average molecular weight is 532 g/mol. The number of aromatic carboxylic acids is 1. The maximum Gasteiger partial charge on any atom is 0.419 e. The Morgan fingerprint density at radius 3 is 2.26 bits per heavy atom. The third-order valence-corrected chi connectivity index (χ3v) is 6.81. The van der Waals surface area contributed by atoms with Gasteiger partial charge in [-0.3, -0.25) is 18.7 Å². The molecule has 0 radical (unpaired) electrons. The number of carboxylic acid groups (broad SMARTS) is 1. The molecule has 0 saturated heterocycles. The van der Waals surface area contributed by atoms with Gasteiger partial charge in [-0.05, 0) is 55.2 Å². The molecule has 12 heteroatoms. The minimum absolute atomic E-state index is 0.138. The van der Waals surface area contributed by atoms with Gasteiger partial charge in [-0.15, -0.1) is 0 Å². The predicted octanol–water partition coefficient (Wildman–Crippen LogP) is 2.39. The van der Waals surface area contributed by atoms with Gasteiger partial charge >= 0.3 is 11.9 Å². The van der Waals surface area contributed by atoms with Gasteiger partial charge in [0.1, 0.15) is 5.82 Å². The van der Waals surface area contributed by atoms with Gasteiger partial charge in [0.05, 0.1) is 34.7 Å². The molecule has 38 heavy (non-hydrogen) atoms. The van der Waals surface area contributed by atoms with Crippen molar-refractivity contribution in [2.45, 2.75) is 45.3 Å². The first-order chi connectivity index (χ1) is 17.6. The van der Waals surface area contributed by atoms with E-state index in [1.807, 2.05) is 0 Å². The Bertz CT molecular complexity index is 1620. The van der Waals surface area contributed by atoms with Crippen molar-refractivity contribution >= 4 is 17.6 Å². The molecular weight excluding hydrogens is 510 g/mol. The Hall–Kier alpha value is -4.22. The van der Waals surface area contributed by atoms with Crippen LogP contribution in [0.15, 0.2) is 46.1 Å². The topological polar surface area (TPSA) is 104 Å². The summed E-state index contributed by atoms with van der Waals surface area (Å²) in [7, 11) is 1.59. The molecule has 1 aliphatic heterocycles. The van der Waals surface area contributed by atoms with E-state index in [0.29, 0.717) is 27.4 Å². The maximum absolute atomic E-state index is 14.1. The number of benzene rings is 2. The van der Waals surface area contributed by atoms with E-state index in [1.54, 1.807) is 33.9 Å². The Morgan fingerprint density at radius 1 is 1.05 bits per heavy atom. The number of fused-ring (bicyclic) bond motifs is 1. The van der Waals surface area contributed by atoms with Crippen molar-refractivity contribution in [3.63, 3.8) is 0 Å². The molecule has 0 unspecified atom stereocenters. The van der Waals surface area contributed by atoms with Crippen LogP contribution in [0.5, 0.6) is 0 Å². The number of likely N-dealkylation sites (N-methyl/N-ethyl adjacent to an activating group) is 1. The summed E-state index contributed by atoms with van der Waals surface area (Å²) in [5.41, 5.74) is -5.13. The van der Waals surface area contributed by atoms with E-state index in [9.17, 15) is 41.8 Å². The van der Waals surface area contributed by atoms with E-state index in [0.717, 1.165) is 22.9 Å². The number of nitrogens with zero attached hydrogens (tertiary/aromatic N) is 3. The van der Waals surface area contributed by atoms with Crippen molar-refractivity contribution in [3.8, 4) is 5.69 Å². The van der Waals surface area contributed by atoms with Gasteiger partial charge in [0.2, 0.25) is 5.91 Å². The summed E-state index contributed by atoms with van der Waals surface area (Å²) in [6.45, 7) is 4.09. The van der Waals surface area contributed by atoms with Gasteiger partial charge in [-0.1, -0.05) is 19.1 Å². The summed E-state index contributed by atoms with van der Waals surface area (Å²) in [4.78, 5) is 52.5. The molecule has 0 fully saturated rings. The van der Waals surface area contributed by atoms with Crippen LogP contribution in [-0.2, 0) is 29.4 Å². The van der Waals surface area contributed by atoms with Crippen molar-refractivity contribution in [1.82, 2.24) is 9.13 Å². The van der Waals surface area contributed by atoms with Crippen molar-refractivity contribution in [3.05, 3.63) is 91.0 Å².